The van der Waals surface area contributed by atoms with Gasteiger partial charge in [-0.05, 0) is 55.8 Å². The number of aliphatic hydroxyl groups is 1. The predicted octanol–water partition coefficient (Wildman–Crippen LogP) is 3.41. The molecule has 9 nitrogen and oxygen atoms in total. The van der Waals surface area contributed by atoms with Crippen molar-refractivity contribution in [2.45, 2.75) is 25.0 Å². The number of nitrogens with zero attached hydrogens (tertiary/aromatic N) is 5. The van der Waals surface area contributed by atoms with E-state index in [4.69, 9.17) is 9.72 Å². The standard InChI is InChI=1S/C27H25BrN6O3/c28-20-4-5-22-23(13-20)33-11-6-24(35)34(26(33)32-22)16-18-2-1-3-19(12-18)25-30-14-21(15-31-25)37-17-27(36)7-9-29-10-8-27/h1-6,11-15,29,36H,7-10,16-17H2. The third-order valence-corrected chi connectivity index (χ3v) is 7.20. The number of hydrogen-bond donors (Lipinski definition) is 2. The van der Waals surface area contributed by atoms with Crippen molar-refractivity contribution in [3.63, 3.8) is 0 Å². The lowest BCUT2D eigenvalue weighted by atomic mass is 9.94. The van der Waals surface area contributed by atoms with E-state index in [1.807, 2.05) is 46.9 Å². The number of aromatic nitrogens is 5. The molecule has 0 saturated carbocycles. The van der Waals surface area contributed by atoms with Crippen LogP contribution in [-0.2, 0) is 6.54 Å². The van der Waals surface area contributed by atoms with E-state index in [0.29, 0.717) is 36.7 Å². The summed E-state index contributed by atoms with van der Waals surface area (Å²) < 4.78 is 10.3. The van der Waals surface area contributed by atoms with Crippen molar-refractivity contribution in [2.75, 3.05) is 19.7 Å². The Kier molecular flexibility index (Phi) is 6.23. The quantitative estimate of drug-likeness (QED) is 0.327. The van der Waals surface area contributed by atoms with Crippen LogP contribution in [0.3, 0.4) is 0 Å². The number of ether oxygens (including phenoxy) is 1. The average molecular weight is 561 g/mol. The maximum atomic E-state index is 12.8. The molecule has 10 heteroatoms. The molecule has 3 aromatic heterocycles. The number of benzene rings is 2. The van der Waals surface area contributed by atoms with Gasteiger partial charge < -0.3 is 15.2 Å². The molecule has 6 rings (SSSR count). The highest BCUT2D eigenvalue weighted by atomic mass is 79.9. The zero-order chi connectivity index (χ0) is 25.4. The van der Waals surface area contributed by atoms with Crippen LogP contribution >= 0.6 is 15.9 Å². The fourth-order valence-corrected chi connectivity index (χ4v) is 5.00. The number of rotatable bonds is 6. The van der Waals surface area contributed by atoms with Gasteiger partial charge in [0.05, 0.1) is 30.0 Å². The Morgan fingerprint density at radius 1 is 1.08 bits per heavy atom. The van der Waals surface area contributed by atoms with E-state index in [-0.39, 0.29) is 12.2 Å². The number of imidazole rings is 1. The topological polar surface area (TPSA) is 107 Å². The Morgan fingerprint density at radius 3 is 2.70 bits per heavy atom. The van der Waals surface area contributed by atoms with E-state index in [2.05, 4.69) is 31.2 Å². The summed E-state index contributed by atoms with van der Waals surface area (Å²) in [5, 5.41) is 13.9. The first kappa shape index (κ1) is 23.8. The first-order valence-electron chi connectivity index (χ1n) is 12.1. The lowest BCUT2D eigenvalue weighted by Crippen LogP contribution is -2.45. The molecule has 0 unspecified atom stereocenters. The molecule has 2 aromatic carbocycles. The minimum atomic E-state index is -0.823. The summed E-state index contributed by atoms with van der Waals surface area (Å²) >= 11 is 3.51. The first-order valence-corrected chi connectivity index (χ1v) is 12.9. The molecule has 0 atom stereocenters. The Balaban J connectivity index is 1.24. The summed E-state index contributed by atoms with van der Waals surface area (Å²) in [5.41, 5.74) is 2.56. The van der Waals surface area contributed by atoms with Crippen LogP contribution < -0.4 is 15.6 Å². The lowest BCUT2D eigenvalue weighted by molar-refractivity contribution is -0.0287. The lowest BCUT2D eigenvalue weighted by Gasteiger charge is -2.32. The fraction of sp³-hybridized carbons (Fsp3) is 0.259. The SMILES string of the molecule is O=c1ccn2c3cc(Br)ccc3nc2n1Cc1cccc(-c2ncc(OCC3(O)CCNCC3)cn2)c1. The van der Waals surface area contributed by atoms with Gasteiger partial charge >= 0.3 is 0 Å². The van der Waals surface area contributed by atoms with Gasteiger partial charge in [-0.3, -0.25) is 13.8 Å². The van der Waals surface area contributed by atoms with Gasteiger partial charge in [0.15, 0.2) is 11.6 Å². The molecule has 1 saturated heterocycles. The third-order valence-electron chi connectivity index (χ3n) is 6.70. The Bertz CT molecular complexity index is 1640. The van der Waals surface area contributed by atoms with Crippen LogP contribution in [0.5, 0.6) is 5.75 Å². The van der Waals surface area contributed by atoms with Crippen molar-refractivity contribution < 1.29 is 9.84 Å². The van der Waals surface area contributed by atoms with Crippen molar-refractivity contribution in [2.24, 2.45) is 0 Å². The molecule has 1 fully saturated rings. The van der Waals surface area contributed by atoms with E-state index < -0.39 is 5.60 Å². The van der Waals surface area contributed by atoms with E-state index in [1.165, 1.54) is 0 Å². The van der Waals surface area contributed by atoms with Crippen molar-refractivity contribution in [1.29, 1.82) is 0 Å². The second-order valence-corrected chi connectivity index (χ2v) is 10.3. The highest BCUT2D eigenvalue weighted by Crippen LogP contribution is 2.23. The zero-order valence-electron chi connectivity index (χ0n) is 20.0. The molecule has 0 aliphatic carbocycles. The zero-order valence-corrected chi connectivity index (χ0v) is 21.6. The molecule has 5 aromatic rings. The van der Waals surface area contributed by atoms with Gasteiger partial charge in [0, 0.05) is 22.3 Å². The van der Waals surface area contributed by atoms with Gasteiger partial charge in [0.25, 0.3) is 5.56 Å². The molecule has 0 bridgehead atoms. The van der Waals surface area contributed by atoms with Gasteiger partial charge in [-0.2, -0.15) is 0 Å². The largest absolute Gasteiger partial charge is 0.487 e. The number of fused-ring (bicyclic) bond motifs is 3. The van der Waals surface area contributed by atoms with Crippen LogP contribution in [0.1, 0.15) is 18.4 Å². The van der Waals surface area contributed by atoms with Crippen molar-refractivity contribution >= 4 is 32.7 Å². The van der Waals surface area contributed by atoms with Crippen molar-refractivity contribution in [3.05, 3.63) is 87.5 Å². The second-order valence-electron chi connectivity index (χ2n) is 9.36. The van der Waals surface area contributed by atoms with E-state index in [0.717, 1.165) is 39.7 Å². The molecule has 1 aliphatic heterocycles. The third kappa shape index (κ3) is 4.87. The van der Waals surface area contributed by atoms with E-state index >= 15 is 0 Å². The predicted molar refractivity (Wildman–Crippen MR) is 144 cm³/mol. The van der Waals surface area contributed by atoms with Gasteiger partial charge in [-0.15, -0.1) is 0 Å². The molecule has 0 radical (unpaired) electrons. The molecule has 37 heavy (non-hydrogen) atoms. The molecular weight excluding hydrogens is 536 g/mol. The van der Waals surface area contributed by atoms with Crippen LogP contribution in [0.4, 0.5) is 0 Å². The summed E-state index contributed by atoms with van der Waals surface area (Å²) in [4.78, 5) is 26.5. The normalized spacial score (nSPS) is 15.3. The van der Waals surface area contributed by atoms with E-state index in [1.54, 1.807) is 29.2 Å². The summed E-state index contributed by atoms with van der Waals surface area (Å²) in [7, 11) is 0. The molecule has 1 aliphatic rings. The van der Waals surface area contributed by atoms with Crippen LogP contribution in [-0.4, -0.2) is 54.3 Å². The van der Waals surface area contributed by atoms with E-state index in [9.17, 15) is 9.90 Å². The number of nitrogens with one attached hydrogen (secondary N) is 1. The Hall–Kier alpha value is -3.60. The molecule has 4 heterocycles. The number of halogens is 1. The molecular formula is C27H25BrN6O3. The maximum Gasteiger partial charge on any atom is 0.255 e. The van der Waals surface area contributed by atoms with Crippen LogP contribution in [0.2, 0.25) is 0 Å². The summed E-state index contributed by atoms with van der Waals surface area (Å²) in [5.74, 6) is 1.65. The summed E-state index contributed by atoms with van der Waals surface area (Å²) in [6, 6.07) is 15.2. The van der Waals surface area contributed by atoms with Gasteiger partial charge in [0.2, 0.25) is 5.78 Å². The molecule has 0 spiro atoms. The fourth-order valence-electron chi connectivity index (χ4n) is 4.65. The average Bonchev–Trinajstić information content (AvgIpc) is 3.28. The molecule has 188 valence electrons. The Labute approximate surface area is 220 Å². The smallest absolute Gasteiger partial charge is 0.255 e. The second kappa shape index (κ2) is 9.70. The minimum absolute atomic E-state index is 0.125. The first-order chi connectivity index (χ1) is 18.0. The molecule has 2 N–H and O–H groups in total. The van der Waals surface area contributed by atoms with Crippen LogP contribution in [0, 0.1) is 0 Å². The highest BCUT2D eigenvalue weighted by molar-refractivity contribution is 9.10. The van der Waals surface area contributed by atoms with Crippen molar-refractivity contribution in [1.82, 2.24) is 29.2 Å². The maximum absolute atomic E-state index is 12.8. The number of hydrogen-bond acceptors (Lipinski definition) is 7. The van der Waals surface area contributed by atoms with Gasteiger partial charge in [-0.25, -0.2) is 15.0 Å². The molecule has 0 amide bonds. The van der Waals surface area contributed by atoms with Crippen molar-refractivity contribution in [3.8, 4) is 17.1 Å². The summed E-state index contributed by atoms with van der Waals surface area (Å²) in [6.07, 6.45) is 6.31. The highest BCUT2D eigenvalue weighted by Gasteiger charge is 2.30. The minimum Gasteiger partial charge on any atom is -0.487 e. The summed E-state index contributed by atoms with van der Waals surface area (Å²) in [6.45, 7) is 2.13. The van der Waals surface area contributed by atoms with Crippen LogP contribution in [0.15, 0.2) is 76.4 Å². The Morgan fingerprint density at radius 2 is 1.89 bits per heavy atom. The van der Waals surface area contributed by atoms with Gasteiger partial charge in [0.1, 0.15) is 12.2 Å². The number of piperidine rings is 1. The van der Waals surface area contributed by atoms with Gasteiger partial charge in [-0.1, -0.05) is 34.1 Å². The monoisotopic (exact) mass is 560 g/mol. The van der Waals surface area contributed by atoms with Crippen LogP contribution in [0.25, 0.3) is 28.2 Å².